The van der Waals surface area contributed by atoms with E-state index in [1.165, 1.54) is 19.3 Å². The first-order valence-corrected chi connectivity index (χ1v) is 14.1. The third-order valence-electron chi connectivity index (χ3n) is 6.71. The molecule has 0 aliphatic heterocycles. The van der Waals surface area contributed by atoms with Crippen LogP contribution in [-0.2, 0) is 17.6 Å². The monoisotopic (exact) mass is 561 g/mol. The summed E-state index contributed by atoms with van der Waals surface area (Å²) in [5.74, 6) is -0.433. The summed E-state index contributed by atoms with van der Waals surface area (Å²) in [6.45, 7) is 4.78. The highest BCUT2D eigenvalue weighted by Gasteiger charge is 2.22. The van der Waals surface area contributed by atoms with Crippen LogP contribution in [0.15, 0.2) is 66.7 Å². The van der Waals surface area contributed by atoms with Crippen molar-refractivity contribution >= 4 is 17.8 Å². The molecule has 0 unspecified atom stereocenters. The minimum absolute atomic E-state index is 0.0617. The number of carboxylic acid groups (broad SMARTS) is 1. The fourth-order valence-corrected chi connectivity index (χ4v) is 4.32. The fraction of sp³-hybridized carbons (Fsp3) is 0.364. The minimum Gasteiger partial charge on any atom is -0.496 e. The lowest BCUT2D eigenvalue weighted by molar-refractivity contribution is -0.139. The first-order valence-electron chi connectivity index (χ1n) is 14.1. The van der Waals surface area contributed by atoms with E-state index in [1.807, 2.05) is 6.92 Å². The maximum absolute atomic E-state index is 12.8. The second-order valence-corrected chi connectivity index (χ2v) is 9.77. The van der Waals surface area contributed by atoms with Crippen molar-refractivity contribution in [2.45, 2.75) is 64.8 Å². The Morgan fingerprint density at radius 2 is 1.49 bits per heavy atom. The summed E-state index contributed by atoms with van der Waals surface area (Å²) in [6, 6.07) is 17.2. The molecule has 0 fully saturated rings. The van der Waals surface area contributed by atoms with Gasteiger partial charge in [0, 0.05) is 12.0 Å². The Hall–Kier alpha value is -4.33. The number of benzene rings is 3. The van der Waals surface area contributed by atoms with Crippen LogP contribution in [-0.4, -0.2) is 42.7 Å². The third kappa shape index (κ3) is 9.67. The van der Waals surface area contributed by atoms with Gasteiger partial charge in [-0.3, -0.25) is 4.79 Å². The van der Waals surface area contributed by atoms with Crippen LogP contribution in [0.1, 0.15) is 77.8 Å². The number of carbonyl (C=O) groups excluding carboxylic acids is 2. The molecule has 0 saturated heterocycles. The van der Waals surface area contributed by atoms with Crippen LogP contribution in [0.2, 0.25) is 0 Å². The van der Waals surface area contributed by atoms with Gasteiger partial charge >= 0.3 is 11.9 Å². The Kier molecular flexibility index (Phi) is 12.2. The molecule has 0 aromatic heterocycles. The number of amides is 1. The number of carbonyl (C=O) groups is 3. The summed E-state index contributed by atoms with van der Waals surface area (Å²) in [5, 5.41) is 12.3. The Morgan fingerprint density at radius 3 is 2.12 bits per heavy atom. The normalized spacial score (nSPS) is 11.4. The van der Waals surface area contributed by atoms with Crippen molar-refractivity contribution in [1.29, 1.82) is 0 Å². The van der Waals surface area contributed by atoms with Gasteiger partial charge in [0.05, 0.1) is 19.3 Å². The van der Waals surface area contributed by atoms with Gasteiger partial charge in [-0.2, -0.15) is 0 Å². The Labute approximate surface area is 241 Å². The summed E-state index contributed by atoms with van der Waals surface area (Å²) in [4.78, 5) is 37.2. The molecule has 0 spiro atoms. The minimum atomic E-state index is -1.15. The molecular weight excluding hydrogens is 522 g/mol. The first kappa shape index (κ1) is 31.2. The second-order valence-electron chi connectivity index (χ2n) is 9.77. The summed E-state index contributed by atoms with van der Waals surface area (Å²) >= 11 is 0. The van der Waals surface area contributed by atoms with E-state index in [9.17, 15) is 19.5 Å². The summed E-state index contributed by atoms with van der Waals surface area (Å²) in [7, 11) is 1.56. The maximum atomic E-state index is 12.8. The zero-order valence-electron chi connectivity index (χ0n) is 24.0. The summed E-state index contributed by atoms with van der Waals surface area (Å²) in [6.07, 6.45) is 6.54. The van der Waals surface area contributed by atoms with Gasteiger partial charge in [-0.25, -0.2) is 9.59 Å². The molecule has 2 N–H and O–H groups in total. The van der Waals surface area contributed by atoms with E-state index in [4.69, 9.17) is 14.2 Å². The second kappa shape index (κ2) is 16.1. The predicted octanol–water partition coefficient (Wildman–Crippen LogP) is 6.25. The fourth-order valence-electron chi connectivity index (χ4n) is 4.32. The van der Waals surface area contributed by atoms with Crippen LogP contribution in [0.3, 0.4) is 0 Å². The lowest BCUT2D eigenvalue weighted by Gasteiger charge is -2.16. The smallest absolute Gasteiger partial charge is 0.343 e. The number of hydrogen-bond donors (Lipinski definition) is 2. The van der Waals surface area contributed by atoms with Gasteiger partial charge in [0.1, 0.15) is 23.3 Å². The van der Waals surface area contributed by atoms with E-state index in [0.29, 0.717) is 47.0 Å². The van der Waals surface area contributed by atoms with E-state index in [2.05, 4.69) is 12.2 Å². The quantitative estimate of drug-likeness (QED) is 0.121. The van der Waals surface area contributed by atoms with Crippen molar-refractivity contribution in [1.82, 2.24) is 5.32 Å². The zero-order chi connectivity index (χ0) is 29.6. The van der Waals surface area contributed by atoms with Crippen LogP contribution in [0, 0.1) is 0 Å². The molecule has 0 aliphatic carbocycles. The molecule has 0 bridgehead atoms. The number of methoxy groups -OCH3 is 1. The Bertz CT molecular complexity index is 1290. The van der Waals surface area contributed by atoms with E-state index in [-0.39, 0.29) is 6.42 Å². The van der Waals surface area contributed by atoms with Gasteiger partial charge < -0.3 is 24.6 Å². The number of nitrogens with one attached hydrogen (secondary N) is 1. The number of aliphatic carboxylic acids is 1. The van der Waals surface area contributed by atoms with Crippen LogP contribution < -0.4 is 19.5 Å². The molecule has 41 heavy (non-hydrogen) atoms. The molecule has 0 radical (unpaired) electrons. The maximum Gasteiger partial charge on any atom is 0.343 e. The topological polar surface area (TPSA) is 111 Å². The van der Waals surface area contributed by atoms with Crippen LogP contribution in [0.5, 0.6) is 17.2 Å². The van der Waals surface area contributed by atoms with E-state index in [0.717, 1.165) is 18.4 Å². The molecule has 3 rings (SSSR count). The molecule has 0 heterocycles. The van der Waals surface area contributed by atoms with Gasteiger partial charge in [-0.1, -0.05) is 51.7 Å². The van der Waals surface area contributed by atoms with Crippen molar-refractivity contribution in [3.8, 4) is 17.2 Å². The molecule has 1 atom stereocenters. The summed E-state index contributed by atoms with van der Waals surface area (Å²) < 4.78 is 16.5. The van der Waals surface area contributed by atoms with Gasteiger partial charge in [0.15, 0.2) is 0 Å². The molecule has 8 heteroatoms. The van der Waals surface area contributed by atoms with Crippen molar-refractivity contribution < 1.29 is 33.7 Å². The number of ether oxygens (including phenoxy) is 3. The number of rotatable bonds is 16. The van der Waals surface area contributed by atoms with Crippen LogP contribution in [0.4, 0.5) is 0 Å². The number of unbranched alkanes of at least 4 members (excludes halogenated alkanes) is 4. The molecule has 3 aromatic carbocycles. The van der Waals surface area contributed by atoms with Crippen molar-refractivity contribution in [2.75, 3.05) is 13.7 Å². The van der Waals surface area contributed by atoms with Crippen molar-refractivity contribution in [3.05, 3.63) is 89.0 Å². The number of aryl methyl sites for hydroxylation is 1. The molecule has 218 valence electrons. The molecule has 0 saturated carbocycles. The standard InChI is InChI=1S/C33H39NO7/c1-4-6-7-8-9-20-40-27-17-12-25(13-18-27)33(38)41-28-15-10-23(11-16-28)21-29(32(36)37)34-31(35)26-14-19-30(39-3)24(5-2)22-26/h10-19,22,29H,4-9,20-21H2,1-3H3,(H,34,35)(H,36,37)/t29-/m0/s1. The zero-order valence-corrected chi connectivity index (χ0v) is 24.0. The molecular formula is C33H39NO7. The van der Waals surface area contributed by atoms with E-state index in [1.54, 1.807) is 73.8 Å². The van der Waals surface area contributed by atoms with Gasteiger partial charge in [-0.05, 0) is 78.6 Å². The summed E-state index contributed by atoms with van der Waals surface area (Å²) in [5.41, 5.74) is 2.27. The van der Waals surface area contributed by atoms with Crippen LogP contribution in [0.25, 0.3) is 0 Å². The third-order valence-corrected chi connectivity index (χ3v) is 6.71. The average molecular weight is 562 g/mol. The highest BCUT2D eigenvalue weighted by molar-refractivity contribution is 5.97. The average Bonchev–Trinajstić information content (AvgIpc) is 2.99. The molecule has 0 aliphatic rings. The van der Waals surface area contributed by atoms with E-state index < -0.39 is 23.9 Å². The predicted molar refractivity (Wildman–Crippen MR) is 157 cm³/mol. The lowest BCUT2D eigenvalue weighted by Crippen LogP contribution is -2.42. The number of esters is 1. The first-order chi connectivity index (χ1) is 19.8. The number of hydrogen-bond acceptors (Lipinski definition) is 6. The van der Waals surface area contributed by atoms with Crippen molar-refractivity contribution in [3.63, 3.8) is 0 Å². The highest BCUT2D eigenvalue weighted by atomic mass is 16.5. The lowest BCUT2D eigenvalue weighted by atomic mass is 10.0. The van der Waals surface area contributed by atoms with Gasteiger partial charge in [0.25, 0.3) is 5.91 Å². The van der Waals surface area contributed by atoms with Crippen molar-refractivity contribution in [2.24, 2.45) is 0 Å². The highest BCUT2D eigenvalue weighted by Crippen LogP contribution is 2.21. The molecule has 1 amide bonds. The van der Waals surface area contributed by atoms with Gasteiger partial charge in [-0.15, -0.1) is 0 Å². The molecule has 8 nitrogen and oxygen atoms in total. The Morgan fingerprint density at radius 1 is 0.829 bits per heavy atom. The largest absolute Gasteiger partial charge is 0.496 e. The molecule has 3 aromatic rings. The van der Waals surface area contributed by atoms with Crippen LogP contribution >= 0.6 is 0 Å². The van der Waals surface area contributed by atoms with E-state index >= 15 is 0 Å². The van der Waals surface area contributed by atoms with Gasteiger partial charge in [0.2, 0.25) is 0 Å². The SMILES string of the molecule is CCCCCCCOc1ccc(C(=O)Oc2ccc(C[C@H](NC(=O)c3ccc(OC)c(CC)c3)C(=O)O)cc2)cc1. The number of carboxylic acids is 1. The Balaban J connectivity index is 1.53.